The molecule has 3 amide bonds. The predicted molar refractivity (Wildman–Crippen MR) is 88.7 cm³/mol. The van der Waals surface area contributed by atoms with E-state index in [1.165, 1.54) is 21.9 Å². The molecule has 3 aliphatic rings. The number of amidine groups is 1. The minimum absolute atomic E-state index is 0.116. The van der Waals surface area contributed by atoms with Crippen molar-refractivity contribution in [1.29, 1.82) is 0 Å². The Labute approximate surface area is 144 Å². The zero-order valence-electron chi connectivity index (χ0n) is 14.1. The van der Waals surface area contributed by atoms with E-state index in [9.17, 15) is 14.0 Å². The van der Waals surface area contributed by atoms with Crippen LogP contribution < -0.4 is 0 Å². The number of urea groups is 1. The Balaban J connectivity index is 1.67. The number of carbonyl (C=O) groups is 2. The number of carbonyl (C=O) groups excluding carboxylic acids is 2. The highest BCUT2D eigenvalue weighted by Crippen LogP contribution is 2.26. The number of guanidine groups is 1. The first-order chi connectivity index (χ1) is 12.0. The fourth-order valence-electron chi connectivity index (χ4n) is 3.54. The maximum absolute atomic E-state index is 13.1. The summed E-state index contributed by atoms with van der Waals surface area (Å²) in [5, 5.41) is 0. The van der Waals surface area contributed by atoms with Gasteiger partial charge >= 0.3 is 12.0 Å². The number of nitrogens with zero attached hydrogens (tertiary/aromatic N) is 5. The van der Waals surface area contributed by atoms with Crippen LogP contribution in [0.25, 0.3) is 0 Å². The van der Waals surface area contributed by atoms with E-state index >= 15 is 0 Å². The molecule has 0 saturated carbocycles. The molecule has 1 fully saturated rings. The van der Waals surface area contributed by atoms with Crippen LogP contribution in [0.3, 0.4) is 0 Å². The van der Waals surface area contributed by atoms with Crippen molar-refractivity contribution in [3.05, 3.63) is 35.6 Å². The summed E-state index contributed by atoms with van der Waals surface area (Å²) in [4.78, 5) is 34.9. The quantitative estimate of drug-likeness (QED) is 0.743. The number of amides is 3. The van der Waals surface area contributed by atoms with E-state index in [2.05, 4.69) is 4.99 Å². The third kappa shape index (κ3) is 2.40. The average Bonchev–Trinajstić information content (AvgIpc) is 3.00. The van der Waals surface area contributed by atoms with Crippen molar-refractivity contribution < 1.29 is 18.6 Å². The van der Waals surface area contributed by atoms with Gasteiger partial charge in [-0.25, -0.2) is 14.1 Å². The van der Waals surface area contributed by atoms with E-state index in [0.717, 1.165) is 25.5 Å². The van der Waals surface area contributed by atoms with Crippen molar-refractivity contribution in [3.63, 3.8) is 0 Å². The van der Waals surface area contributed by atoms with Gasteiger partial charge in [0.25, 0.3) is 5.91 Å². The molecule has 1 atom stereocenters. The van der Waals surface area contributed by atoms with Crippen molar-refractivity contribution in [1.82, 2.24) is 14.7 Å². The average molecular weight is 344 g/mol. The van der Waals surface area contributed by atoms with Gasteiger partial charge in [-0.05, 0) is 17.7 Å². The lowest BCUT2D eigenvalue weighted by Crippen LogP contribution is -2.64. The smallest absolute Gasteiger partial charge is 0.270 e. The number of fused-ring (bicyclic) bond motifs is 3. The molecular formula is C17H19FN5O2+. The summed E-state index contributed by atoms with van der Waals surface area (Å²) in [6.07, 6.45) is 0.933. The highest BCUT2D eigenvalue weighted by molar-refractivity contribution is 6.25. The molecule has 8 heteroatoms. The summed E-state index contributed by atoms with van der Waals surface area (Å²) in [7, 11) is 3.57. The number of hydrogen-bond acceptors (Lipinski definition) is 4. The highest BCUT2D eigenvalue weighted by atomic mass is 19.1. The summed E-state index contributed by atoms with van der Waals surface area (Å²) >= 11 is 0. The second-order valence-electron chi connectivity index (χ2n) is 6.53. The molecule has 3 aliphatic heterocycles. The molecule has 7 nitrogen and oxygen atoms in total. The molecule has 4 rings (SSSR count). The van der Waals surface area contributed by atoms with Crippen molar-refractivity contribution in [2.24, 2.45) is 4.99 Å². The van der Waals surface area contributed by atoms with Crippen LogP contribution in [-0.2, 0) is 11.3 Å². The van der Waals surface area contributed by atoms with Crippen LogP contribution >= 0.6 is 0 Å². The van der Waals surface area contributed by atoms with Crippen LogP contribution in [0.5, 0.6) is 0 Å². The van der Waals surface area contributed by atoms with Crippen molar-refractivity contribution in [2.45, 2.75) is 19.0 Å². The van der Waals surface area contributed by atoms with Crippen LogP contribution in [-0.4, -0.2) is 76.2 Å². The minimum atomic E-state index is -0.569. The third-order valence-electron chi connectivity index (χ3n) is 4.88. The number of aliphatic imine (C=N–C) groups is 1. The van der Waals surface area contributed by atoms with Gasteiger partial charge in [0.05, 0.1) is 26.7 Å². The van der Waals surface area contributed by atoms with Gasteiger partial charge in [0.1, 0.15) is 5.82 Å². The molecule has 3 heterocycles. The summed E-state index contributed by atoms with van der Waals surface area (Å²) in [5.41, 5.74) is 0.704. The Hall–Kier alpha value is -2.77. The monoisotopic (exact) mass is 344 g/mol. The first-order valence-corrected chi connectivity index (χ1v) is 8.24. The number of rotatable bonds is 2. The van der Waals surface area contributed by atoms with Crippen molar-refractivity contribution in [3.8, 4) is 0 Å². The largest absolute Gasteiger partial charge is 0.392 e. The van der Waals surface area contributed by atoms with Crippen molar-refractivity contribution in [2.75, 3.05) is 27.2 Å². The zero-order chi connectivity index (χ0) is 17.7. The number of hydrogen-bond donors (Lipinski definition) is 0. The van der Waals surface area contributed by atoms with E-state index in [4.69, 9.17) is 0 Å². The summed E-state index contributed by atoms with van der Waals surface area (Å²) in [6.45, 7) is 1.72. The topological polar surface area (TPSA) is 59.2 Å². The molecule has 0 spiro atoms. The van der Waals surface area contributed by atoms with Crippen LogP contribution in [0.1, 0.15) is 12.0 Å². The molecule has 1 aromatic carbocycles. The van der Waals surface area contributed by atoms with Crippen LogP contribution in [0.15, 0.2) is 29.3 Å². The van der Waals surface area contributed by atoms with Crippen LogP contribution in [0, 0.1) is 5.82 Å². The third-order valence-corrected chi connectivity index (χ3v) is 4.88. The lowest BCUT2D eigenvalue weighted by Gasteiger charge is -2.35. The van der Waals surface area contributed by atoms with Gasteiger partial charge in [-0.2, -0.15) is 0 Å². The summed E-state index contributed by atoms with van der Waals surface area (Å²) < 4.78 is 15.1. The second kappa shape index (κ2) is 5.65. The van der Waals surface area contributed by atoms with E-state index in [0.29, 0.717) is 11.4 Å². The SMILES string of the molecule is CN1C(=O)N(Cc2ccc(F)cc2)C(=O)C2C1=NC1=[N+](C)CCCN12. The van der Waals surface area contributed by atoms with Gasteiger partial charge in [-0.3, -0.25) is 19.2 Å². The molecule has 0 N–H and O–H groups in total. The molecule has 25 heavy (non-hydrogen) atoms. The maximum Gasteiger partial charge on any atom is 0.392 e. The fraction of sp³-hybridized carbons (Fsp3) is 0.412. The Morgan fingerprint density at radius 2 is 2.00 bits per heavy atom. The predicted octanol–water partition coefficient (Wildman–Crippen LogP) is 0.704. The molecule has 0 radical (unpaired) electrons. The number of likely N-dealkylation sites (N-methyl/N-ethyl adjacent to an activating group) is 1. The number of benzene rings is 1. The minimum Gasteiger partial charge on any atom is -0.270 e. The first kappa shape index (κ1) is 15.7. The zero-order valence-corrected chi connectivity index (χ0v) is 14.1. The van der Waals surface area contributed by atoms with Crippen LogP contribution in [0.4, 0.5) is 9.18 Å². The first-order valence-electron chi connectivity index (χ1n) is 8.24. The number of imide groups is 1. The number of halogens is 1. The van der Waals surface area contributed by atoms with Gasteiger partial charge < -0.3 is 0 Å². The van der Waals surface area contributed by atoms with Gasteiger partial charge in [0.15, 0.2) is 0 Å². The molecule has 0 aromatic heterocycles. The highest BCUT2D eigenvalue weighted by Gasteiger charge is 2.56. The normalized spacial score (nSPS) is 23.1. The van der Waals surface area contributed by atoms with E-state index < -0.39 is 12.1 Å². The lowest BCUT2D eigenvalue weighted by atomic mass is 10.1. The molecule has 1 saturated heterocycles. The molecular weight excluding hydrogens is 325 g/mol. The second-order valence-corrected chi connectivity index (χ2v) is 6.53. The van der Waals surface area contributed by atoms with Gasteiger partial charge in [-0.1, -0.05) is 17.1 Å². The summed E-state index contributed by atoms with van der Waals surface area (Å²) in [6, 6.07) is 4.84. The van der Waals surface area contributed by atoms with Gasteiger partial charge in [0.2, 0.25) is 11.9 Å². The standard InChI is InChI=1S/C17H19FN5O2/c1-20-8-3-9-22-13-14(19-16(20)22)21(2)17(25)23(15(13)24)10-11-4-6-12(18)7-5-11/h4-7,13H,3,8-10H2,1-2H3/q+1. The Morgan fingerprint density at radius 1 is 1.28 bits per heavy atom. The molecule has 130 valence electrons. The van der Waals surface area contributed by atoms with E-state index in [1.54, 1.807) is 19.2 Å². The molecule has 0 bridgehead atoms. The fourth-order valence-corrected chi connectivity index (χ4v) is 3.54. The van der Waals surface area contributed by atoms with Gasteiger partial charge in [-0.15, -0.1) is 0 Å². The lowest BCUT2D eigenvalue weighted by molar-refractivity contribution is -0.509. The van der Waals surface area contributed by atoms with Gasteiger partial charge in [0, 0.05) is 13.5 Å². The maximum atomic E-state index is 13.1. The Morgan fingerprint density at radius 3 is 2.72 bits per heavy atom. The van der Waals surface area contributed by atoms with Crippen molar-refractivity contribution >= 4 is 23.7 Å². The molecule has 1 aromatic rings. The Kier molecular flexibility index (Phi) is 3.55. The van der Waals surface area contributed by atoms with E-state index in [1.807, 2.05) is 16.5 Å². The molecule has 1 unspecified atom stereocenters. The Bertz CT molecular complexity index is 817. The van der Waals surface area contributed by atoms with Crippen LogP contribution in [0.2, 0.25) is 0 Å². The summed E-state index contributed by atoms with van der Waals surface area (Å²) in [5.74, 6) is 0.589. The molecule has 0 aliphatic carbocycles. The van der Waals surface area contributed by atoms with E-state index in [-0.39, 0.29) is 18.3 Å².